The molecule has 1 aromatic rings. The molecule has 0 atom stereocenters. The molecule has 16 heavy (non-hydrogen) atoms. The summed E-state index contributed by atoms with van der Waals surface area (Å²) in [6.07, 6.45) is 13.4. The summed E-state index contributed by atoms with van der Waals surface area (Å²) in [5, 5.41) is 0. The maximum Gasteiger partial charge on any atom is 0.151 e. The van der Waals surface area contributed by atoms with Crippen LogP contribution in [0.15, 0.2) is 24.7 Å². The van der Waals surface area contributed by atoms with E-state index >= 15 is 0 Å². The molecular formula is C13H18N2O. The number of aldehydes is 1. The molecule has 0 amide bonds. The van der Waals surface area contributed by atoms with Gasteiger partial charge in [-0.15, -0.1) is 0 Å². The maximum absolute atomic E-state index is 10.9. The van der Waals surface area contributed by atoms with Crippen molar-refractivity contribution in [3.63, 3.8) is 0 Å². The predicted octanol–water partition coefficient (Wildman–Crippen LogP) is 3.03. The molecule has 0 N–H and O–H groups in total. The van der Waals surface area contributed by atoms with Gasteiger partial charge in [-0.05, 0) is 12.8 Å². The van der Waals surface area contributed by atoms with E-state index in [4.69, 9.17) is 0 Å². The van der Waals surface area contributed by atoms with Crippen molar-refractivity contribution >= 4 is 11.9 Å². The van der Waals surface area contributed by atoms with Crippen LogP contribution >= 0.6 is 0 Å². The highest BCUT2D eigenvalue weighted by Crippen LogP contribution is 2.10. The number of carbonyl (C=O) groups is 1. The standard InChI is InChI=1S/C13H18N2O/c1-2-3-4-5-6-7-12(11-16)13-10-14-8-9-15-13/h7-11H,2-6H2,1H3. The van der Waals surface area contributed by atoms with Crippen molar-refractivity contribution in [1.82, 2.24) is 9.97 Å². The minimum atomic E-state index is 0.643. The van der Waals surface area contributed by atoms with Gasteiger partial charge >= 0.3 is 0 Å². The highest BCUT2D eigenvalue weighted by molar-refractivity contribution is 6.05. The van der Waals surface area contributed by atoms with Crippen molar-refractivity contribution in [3.05, 3.63) is 30.4 Å². The van der Waals surface area contributed by atoms with Crippen LogP contribution in [0.4, 0.5) is 0 Å². The molecule has 1 heterocycles. The van der Waals surface area contributed by atoms with Crippen molar-refractivity contribution < 1.29 is 4.79 Å². The summed E-state index contributed by atoms with van der Waals surface area (Å²) < 4.78 is 0. The van der Waals surface area contributed by atoms with Crippen molar-refractivity contribution in [3.8, 4) is 0 Å². The van der Waals surface area contributed by atoms with Gasteiger partial charge in [0.05, 0.1) is 11.9 Å². The number of hydrogen-bond donors (Lipinski definition) is 0. The zero-order valence-corrected chi connectivity index (χ0v) is 9.72. The Morgan fingerprint density at radius 2 is 2.19 bits per heavy atom. The van der Waals surface area contributed by atoms with Crippen LogP contribution in [0.5, 0.6) is 0 Å². The Morgan fingerprint density at radius 1 is 1.31 bits per heavy atom. The van der Waals surface area contributed by atoms with E-state index in [2.05, 4.69) is 16.9 Å². The van der Waals surface area contributed by atoms with E-state index in [1.54, 1.807) is 18.6 Å². The van der Waals surface area contributed by atoms with Crippen LogP contribution in [0.1, 0.15) is 44.7 Å². The number of nitrogens with zero attached hydrogens (tertiary/aromatic N) is 2. The second kappa shape index (κ2) is 7.74. The summed E-state index contributed by atoms with van der Waals surface area (Å²) in [5.41, 5.74) is 1.30. The third-order valence-electron chi connectivity index (χ3n) is 2.41. The molecule has 0 aliphatic carbocycles. The second-order valence-corrected chi connectivity index (χ2v) is 3.72. The molecule has 0 aliphatic rings. The average Bonchev–Trinajstić information content (AvgIpc) is 2.35. The first-order valence-electron chi connectivity index (χ1n) is 5.80. The zero-order valence-electron chi connectivity index (χ0n) is 9.72. The van der Waals surface area contributed by atoms with Crippen LogP contribution in [-0.2, 0) is 4.79 Å². The minimum Gasteiger partial charge on any atom is -0.298 e. The molecule has 3 heteroatoms. The van der Waals surface area contributed by atoms with E-state index in [9.17, 15) is 4.79 Å². The quantitative estimate of drug-likeness (QED) is 0.401. The van der Waals surface area contributed by atoms with Gasteiger partial charge in [0.1, 0.15) is 0 Å². The monoisotopic (exact) mass is 218 g/mol. The molecular weight excluding hydrogens is 200 g/mol. The van der Waals surface area contributed by atoms with E-state index in [1.807, 2.05) is 6.08 Å². The van der Waals surface area contributed by atoms with E-state index < -0.39 is 0 Å². The van der Waals surface area contributed by atoms with Gasteiger partial charge in [0.25, 0.3) is 0 Å². The number of carbonyl (C=O) groups excluding carboxylic acids is 1. The normalized spacial score (nSPS) is 11.4. The van der Waals surface area contributed by atoms with Gasteiger partial charge < -0.3 is 0 Å². The molecule has 0 aromatic carbocycles. The second-order valence-electron chi connectivity index (χ2n) is 3.72. The van der Waals surface area contributed by atoms with Crippen LogP contribution in [-0.4, -0.2) is 16.3 Å². The molecule has 0 fully saturated rings. The van der Waals surface area contributed by atoms with Crippen LogP contribution in [0.2, 0.25) is 0 Å². The summed E-state index contributed by atoms with van der Waals surface area (Å²) in [7, 11) is 0. The zero-order chi connectivity index (χ0) is 11.6. The summed E-state index contributed by atoms with van der Waals surface area (Å²) in [6, 6.07) is 0. The van der Waals surface area contributed by atoms with Gasteiger partial charge in [-0.2, -0.15) is 0 Å². The Hall–Kier alpha value is -1.51. The predicted molar refractivity (Wildman–Crippen MR) is 64.8 cm³/mol. The molecule has 0 bridgehead atoms. The van der Waals surface area contributed by atoms with Crippen molar-refractivity contribution in [1.29, 1.82) is 0 Å². The highest BCUT2D eigenvalue weighted by atomic mass is 16.1. The molecule has 3 nitrogen and oxygen atoms in total. The first kappa shape index (κ1) is 12.6. The van der Waals surface area contributed by atoms with E-state index in [0.29, 0.717) is 11.3 Å². The largest absolute Gasteiger partial charge is 0.298 e. The Morgan fingerprint density at radius 3 is 2.81 bits per heavy atom. The number of rotatable bonds is 7. The molecule has 0 radical (unpaired) electrons. The van der Waals surface area contributed by atoms with E-state index in [0.717, 1.165) is 19.1 Å². The fourth-order valence-corrected chi connectivity index (χ4v) is 1.49. The molecule has 1 rings (SSSR count). The summed E-state index contributed by atoms with van der Waals surface area (Å²) in [5.74, 6) is 0. The Balaban J connectivity index is 2.48. The first-order chi connectivity index (χ1) is 7.88. The Labute approximate surface area is 96.6 Å². The third-order valence-corrected chi connectivity index (χ3v) is 2.41. The number of allylic oxidation sites excluding steroid dienone is 2. The Kier molecular flexibility index (Phi) is 6.07. The average molecular weight is 218 g/mol. The van der Waals surface area contributed by atoms with Gasteiger partial charge in [0, 0.05) is 18.0 Å². The molecule has 86 valence electrons. The molecule has 1 aromatic heterocycles. The number of hydrogen-bond acceptors (Lipinski definition) is 3. The highest BCUT2D eigenvalue weighted by Gasteiger charge is 2.00. The van der Waals surface area contributed by atoms with Crippen molar-refractivity contribution in [2.75, 3.05) is 0 Å². The molecule has 0 saturated heterocycles. The van der Waals surface area contributed by atoms with E-state index in [1.165, 1.54) is 19.3 Å². The smallest absolute Gasteiger partial charge is 0.151 e. The maximum atomic E-state index is 10.9. The lowest BCUT2D eigenvalue weighted by atomic mass is 10.1. The van der Waals surface area contributed by atoms with Gasteiger partial charge in [-0.3, -0.25) is 14.8 Å². The van der Waals surface area contributed by atoms with Gasteiger partial charge in [0.15, 0.2) is 6.29 Å². The van der Waals surface area contributed by atoms with Crippen LogP contribution in [0.25, 0.3) is 5.57 Å². The molecule has 0 spiro atoms. The molecule has 0 aliphatic heterocycles. The van der Waals surface area contributed by atoms with Crippen molar-refractivity contribution in [2.24, 2.45) is 0 Å². The minimum absolute atomic E-state index is 0.643. The number of unbranched alkanes of at least 4 members (excludes halogenated alkanes) is 4. The van der Waals surface area contributed by atoms with Crippen LogP contribution in [0, 0.1) is 0 Å². The fourth-order valence-electron chi connectivity index (χ4n) is 1.49. The van der Waals surface area contributed by atoms with Crippen molar-refractivity contribution in [2.45, 2.75) is 39.0 Å². The summed E-state index contributed by atoms with van der Waals surface area (Å²) in [6.45, 7) is 2.19. The van der Waals surface area contributed by atoms with Crippen LogP contribution < -0.4 is 0 Å². The first-order valence-corrected chi connectivity index (χ1v) is 5.80. The van der Waals surface area contributed by atoms with Gasteiger partial charge in [0.2, 0.25) is 0 Å². The fraction of sp³-hybridized carbons (Fsp3) is 0.462. The molecule has 0 saturated carbocycles. The lowest BCUT2D eigenvalue weighted by Gasteiger charge is -1.99. The lowest BCUT2D eigenvalue weighted by Crippen LogP contribution is -1.91. The lowest BCUT2D eigenvalue weighted by molar-refractivity contribution is -0.103. The van der Waals surface area contributed by atoms with E-state index in [-0.39, 0.29) is 0 Å². The topological polar surface area (TPSA) is 42.9 Å². The number of aromatic nitrogens is 2. The third kappa shape index (κ3) is 4.34. The van der Waals surface area contributed by atoms with Gasteiger partial charge in [-0.25, -0.2) is 0 Å². The van der Waals surface area contributed by atoms with Gasteiger partial charge in [-0.1, -0.05) is 32.3 Å². The summed E-state index contributed by atoms with van der Waals surface area (Å²) in [4.78, 5) is 18.9. The Bertz CT molecular complexity index is 333. The molecule has 0 unspecified atom stereocenters. The summed E-state index contributed by atoms with van der Waals surface area (Å²) >= 11 is 0. The van der Waals surface area contributed by atoms with Crippen LogP contribution in [0.3, 0.4) is 0 Å². The SMILES string of the molecule is CCCCCCC=C(C=O)c1cnccn1.